The van der Waals surface area contributed by atoms with Gasteiger partial charge in [0.1, 0.15) is 0 Å². The van der Waals surface area contributed by atoms with Gasteiger partial charge in [-0.15, -0.1) is 0 Å². The topological polar surface area (TPSA) is 45.8 Å². The molecule has 0 aliphatic heterocycles. The third-order valence-corrected chi connectivity index (χ3v) is 3.83. The summed E-state index contributed by atoms with van der Waals surface area (Å²) in [5, 5.41) is 7.98. The van der Waals surface area contributed by atoms with E-state index in [1.807, 2.05) is 36.4 Å². The van der Waals surface area contributed by atoms with Crippen LogP contribution < -0.4 is 5.56 Å². The van der Waals surface area contributed by atoms with Gasteiger partial charge in [0.05, 0.1) is 5.69 Å². The highest BCUT2D eigenvalue weighted by molar-refractivity contribution is 6.30. The largest absolute Gasteiger partial charge is 0.268 e. The monoisotopic (exact) mass is 330 g/mol. The second-order valence-corrected chi connectivity index (χ2v) is 5.79. The summed E-state index contributed by atoms with van der Waals surface area (Å²) in [4.78, 5) is 12.0. The molecule has 0 radical (unpaired) electrons. The van der Waals surface area contributed by atoms with Crippen molar-refractivity contribution in [2.75, 3.05) is 0 Å². The molecule has 0 unspecified atom stereocenters. The summed E-state index contributed by atoms with van der Waals surface area (Å²) in [6.45, 7) is 0. The number of hydrogen-bond acceptors (Lipinski definition) is 2. The molecule has 0 atom stereocenters. The first-order chi connectivity index (χ1) is 10.6. The Bertz CT molecular complexity index is 840. The van der Waals surface area contributed by atoms with Crippen molar-refractivity contribution in [2.45, 2.75) is 6.42 Å². The molecule has 0 amide bonds. The van der Waals surface area contributed by atoms with Gasteiger partial charge in [-0.3, -0.25) is 4.79 Å². The Kier molecular flexibility index (Phi) is 4.27. The number of H-pyrrole nitrogens is 1. The maximum Gasteiger partial charge on any atom is 0.267 e. The van der Waals surface area contributed by atoms with E-state index in [-0.39, 0.29) is 5.56 Å². The van der Waals surface area contributed by atoms with Gasteiger partial charge in [-0.25, -0.2) is 5.10 Å². The fourth-order valence-electron chi connectivity index (χ4n) is 2.17. The van der Waals surface area contributed by atoms with Gasteiger partial charge in [-0.2, -0.15) is 5.10 Å². The molecule has 5 heteroatoms. The third-order valence-electron chi connectivity index (χ3n) is 3.33. The summed E-state index contributed by atoms with van der Waals surface area (Å²) in [5.41, 5.74) is 3.09. The summed E-state index contributed by atoms with van der Waals surface area (Å²) in [6.07, 6.45) is 0.523. The smallest absolute Gasteiger partial charge is 0.267 e. The highest BCUT2D eigenvalue weighted by Gasteiger charge is 2.07. The molecule has 3 aromatic rings. The normalized spacial score (nSPS) is 10.6. The Hall–Kier alpha value is -2.10. The minimum Gasteiger partial charge on any atom is -0.268 e. The lowest BCUT2D eigenvalue weighted by Gasteiger charge is -2.05. The Balaban J connectivity index is 1.94. The van der Waals surface area contributed by atoms with Gasteiger partial charge in [0, 0.05) is 27.6 Å². The number of hydrogen-bond donors (Lipinski definition) is 1. The predicted octanol–water partition coefficient (Wildman–Crippen LogP) is 4.33. The summed E-state index contributed by atoms with van der Waals surface area (Å²) in [7, 11) is 0. The van der Waals surface area contributed by atoms with Crippen LogP contribution in [0.2, 0.25) is 10.0 Å². The second kappa shape index (κ2) is 6.34. The molecule has 1 aromatic heterocycles. The molecule has 0 saturated heterocycles. The zero-order chi connectivity index (χ0) is 15.5. The van der Waals surface area contributed by atoms with Crippen LogP contribution in [-0.4, -0.2) is 10.2 Å². The van der Waals surface area contributed by atoms with Gasteiger partial charge < -0.3 is 0 Å². The summed E-state index contributed by atoms with van der Waals surface area (Å²) < 4.78 is 0. The lowest BCUT2D eigenvalue weighted by atomic mass is 10.0. The first-order valence-electron chi connectivity index (χ1n) is 6.71. The van der Waals surface area contributed by atoms with Crippen LogP contribution in [-0.2, 0) is 6.42 Å². The molecule has 0 aliphatic rings. The lowest BCUT2D eigenvalue weighted by molar-refractivity contribution is 0.955. The summed E-state index contributed by atoms with van der Waals surface area (Å²) in [5.74, 6) is 0. The molecule has 3 rings (SSSR count). The highest BCUT2D eigenvalue weighted by atomic mass is 35.5. The van der Waals surface area contributed by atoms with Crippen LogP contribution in [0.15, 0.2) is 59.4 Å². The molecule has 0 bridgehead atoms. The first-order valence-corrected chi connectivity index (χ1v) is 7.46. The van der Waals surface area contributed by atoms with E-state index < -0.39 is 0 Å². The molecule has 0 spiro atoms. The fourth-order valence-corrected chi connectivity index (χ4v) is 2.42. The number of aromatic amines is 1. The van der Waals surface area contributed by atoms with Crippen molar-refractivity contribution in [2.24, 2.45) is 0 Å². The molecular weight excluding hydrogens is 319 g/mol. The number of aromatic nitrogens is 2. The van der Waals surface area contributed by atoms with Gasteiger partial charge in [0.25, 0.3) is 5.56 Å². The van der Waals surface area contributed by atoms with Crippen molar-refractivity contribution < 1.29 is 0 Å². The molecule has 110 valence electrons. The molecule has 0 fully saturated rings. The van der Waals surface area contributed by atoms with Crippen LogP contribution >= 0.6 is 23.2 Å². The minimum atomic E-state index is -0.187. The number of rotatable bonds is 3. The average molecular weight is 331 g/mol. The van der Waals surface area contributed by atoms with Crippen molar-refractivity contribution in [3.05, 3.63) is 86.1 Å². The van der Waals surface area contributed by atoms with Crippen molar-refractivity contribution in [3.8, 4) is 11.3 Å². The van der Waals surface area contributed by atoms with Crippen molar-refractivity contribution in [1.82, 2.24) is 10.2 Å². The van der Waals surface area contributed by atoms with E-state index in [1.54, 1.807) is 18.2 Å². The molecule has 3 nitrogen and oxygen atoms in total. The van der Waals surface area contributed by atoms with Crippen molar-refractivity contribution in [3.63, 3.8) is 0 Å². The molecule has 0 aliphatic carbocycles. The van der Waals surface area contributed by atoms with Gasteiger partial charge in [0.2, 0.25) is 0 Å². The maximum absolute atomic E-state index is 12.0. The zero-order valence-electron chi connectivity index (χ0n) is 11.5. The molecule has 1 heterocycles. The summed E-state index contributed by atoms with van der Waals surface area (Å²) in [6, 6.07) is 16.6. The Morgan fingerprint density at radius 3 is 2.14 bits per heavy atom. The third kappa shape index (κ3) is 3.38. The highest BCUT2D eigenvalue weighted by Crippen LogP contribution is 2.20. The lowest BCUT2D eigenvalue weighted by Crippen LogP contribution is -2.14. The van der Waals surface area contributed by atoms with Crippen LogP contribution in [0.5, 0.6) is 0 Å². The van der Waals surface area contributed by atoms with Gasteiger partial charge in [0.15, 0.2) is 0 Å². The zero-order valence-corrected chi connectivity index (χ0v) is 13.0. The molecule has 22 heavy (non-hydrogen) atoms. The number of benzene rings is 2. The van der Waals surface area contributed by atoms with E-state index in [9.17, 15) is 4.79 Å². The van der Waals surface area contributed by atoms with E-state index in [2.05, 4.69) is 10.2 Å². The Labute approximate surface area is 137 Å². The Morgan fingerprint density at radius 1 is 0.909 bits per heavy atom. The van der Waals surface area contributed by atoms with Gasteiger partial charge in [-0.1, -0.05) is 47.5 Å². The van der Waals surface area contributed by atoms with Crippen LogP contribution in [0.25, 0.3) is 11.3 Å². The van der Waals surface area contributed by atoms with E-state index >= 15 is 0 Å². The molecule has 2 aromatic carbocycles. The van der Waals surface area contributed by atoms with Crippen LogP contribution in [0.4, 0.5) is 0 Å². The predicted molar refractivity (Wildman–Crippen MR) is 89.6 cm³/mol. The summed E-state index contributed by atoms with van der Waals surface area (Å²) >= 11 is 11.8. The van der Waals surface area contributed by atoms with E-state index in [0.29, 0.717) is 27.7 Å². The van der Waals surface area contributed by atoms with Crippen LogP contribution in [0.3, 0.4) is 0 Å². The van der Waals surface area contributed by atoms with Gasteiger partial charge >= 0.3 is 0 Å². The fraction of sp³-hybridized carbons (Fsp3) is 0.0588. The number of nitrogens with one attached hydrogen (secondary N) is 1. The van der Waals surface area contributed by atoms with E-state index in [0.717, 1.165) is 11.1 Å². The first kappa shape index (κ1) is 14.8. The molecule has 1 N–H and O–H groups in total. The molecular formula is C17H12Cl2N2O. The van der Waals surface area contributed by atoms with Crippen LogP contribution in [0.1, 0.15) is 11.1 Å². The number of halogens is 2. The minimum absolute atomic E-state index is 0.187. The SMILES string of the molecule is O=c1[nH]nc(-c2ccc(Cl)cc2)cc1Cc1ccc(Cl)cc1. The molecule has 0 saturated carbocycles. The van der Waals surface area contributed by atoms with Crippen molar-refractivity contribution >= 4 is 23.2 Å². The van der Waals surface area contributed by atoms with E-state index in [1.165, 1.54) is 0 Å². The Morgan fingerprint density at radius 2 is 1.50 bits per heavy atom. The van der Waals surface area contributed by atoms with Gasteiger partial charge in [-0.05, 0) is 35.9 Å². The number of nitrogens with zero attached hydrogens (tertiary/aromatic N) is 1. The maximum atomic E-state index is 12.0. The quantitative estimate of drug-likeness (QED) is 0.776. The van der Waals surface area contributed by atoms with Crippen LogP contribution in [0, 0.1) is 0 Å². The van der Waals surface area contributed by atoms with Crippen molar-refractivity contribution in [1.29, 1.82) is 0 Å². The van der Waals surface area contributed by atoms with E-state index in [4.69, 9.17) is 23.2 Å². The second-order valence-electron chi connectivity index (χ2n) is 4.92. The standard InChI is InChI=1S/C17H12Cl2N2O/c18-14-5-1-11(2-6-14)9-13-10-16(20-21-17(13)22)12-3-7-15(19)8-4-12/h1-8,10H,9H2,(H,21,22). The average Bonchev–Trinajstić information content (AvgIpc) is 2.52.